The zero-order valence-electron chi connectivity index (χ0n) is 20.4. The van der Waals surface area contributed by atoms with E-state index in [1.54, 1.807) is 66.7 Å². The second-order valence-corrected chi connectivity index (χ2v) is 11.4. The molecule has 0 saturated carbocycles. The molecule has 38 heavy (non-hydrogen) atoms. The molecular formula is C29H22N2O6S. The predicted molar refractivity (Wildman–Crippen MR) is 140 cm³/mol. The number of rotatable bonds is 5. The summed E-state index contributed by atoms with van der Waals surface area (Å²) in [5.74, 6) is -1.21. The molecule has 2 aliphatic rings. The molecule has 0 bridgehead atoms. The molecule has 1 atom stereocenters. The van der Waals surface area contributed by atoms with E-state index in [4.69, 9.17) is 4.42 Å². The Morgan fingerprint density at radius 3 is 2.32 bits per heavy atom. The third kappa shape index (κ3) is 4.62. The Morgan fingerprint density at radius 2 is 1.71 bits per heavy atom. The van der Waals surface area contributed by atoms with Gasteiger partial charge in [0, 0.05) is 16.7 Å². The van der Waals surface area contributed by atoms with Gasteiger partial charge in [-0.1, -0.05) is 54.6 Å². The van der Waals surface area contributed by atoms with Crippen molar-refractivity contribution in [1.82, 2.24) is 4.90 Å². The Morgan fingerprint density at radius 1 is 1.00 bits per heavy atom. The first kappa shape index (κ1) is 25.1. The number of ketones is 1. The van der Waals surface area contributed by atoms with Crippen LogP contribution in [0.5, 0.6) is 0 Å². The van der Waals surface area contributed by atoms with Crippen molar-refractivity contribution in [2.24, 2.45) is 0 Å². The molecule has 9 heteroatoms. The van der Waals surface area contributed by atoms with Gasteiger partial charge in [0.25, 0.3) is 11.8 Å². The average Bonchev–Trinajstić information content (AvgIpc) is 3.52. The second kappa shape index (κ2) is 9.72. The zero-order valence-corrected chi connectivity index (χ0v) is 21.2. The number of nitriles is 1. The molecule has 190 valence electrons. The third-order valence-corrected chi connectivity index (χ3v) is 8.39. The van der Waals surface area contributed by atoms with Crippen LogP contribution in [0.4, 0.5) is 0 Å². The first-order valence-electron chi connectivity index (χ1n) is 11.9. The third-order valence-electron chi connectivity index (χ3n) is 6.64. The number of nitrogens with zero attached hydrogens (tertiary/aromatic N) is 2. The fourth-order valence-electron chi connectivity index (χ4n) is 4.74. The van der Waals surface area contributed by atoms with Gasteiger partial charge in [-0.3, -0.25) is 19.3 Å². The van der Waals surface area contributed by atoms with E-state index in [0.29, 0.717) is 22.6 Å². The van der Waals surface area contributed by atoms with Gasteiger partial charge in [-0.15, -0.1) is 0 Å². The minimum absolute atomic E-state index is 0.0556. The molecule has 1 saturated heterocycles. The lowest BCUT2D eigenvalue weighted by atomic mass is 9.87. The van der Waals surface area contributed by atoms with E-state index in [9.17, 15) is 28.1 Å². The van der Waals surface area contributed by atoms with Gasteiger partial charge in [-0.05, 0) is 37.1 Å². The molecule has 0 spiro atoms. The lowest BCUT2D eigenvalue weighted by Gasteiger charge is -2.32. The van der Waals surface area contributed by atoms with Crippen LogP contribution in [-0.4, -0.2) is 48.5 Å². The summed E-state index contributed by atoms with van der Waals surface area (Å²) in [7, 11) is -3.40. The predicted octanol–water partition coefficient (Wildman–Crippen LogP) is 4.07. The van der Waals surface area contributed by atoms with Gasteiger partial charge in [0.2, 0.25) is 0 Å². The molecule has 0 aliphatic carbocycles. The van der Waals surface area contributed by atoms with Crippen molar-refractivity contribution in [3.63, 3.8) is 0 Å². The summed E-state index contributed by atoms with van der Waals surface area (Å²) >= 11 is 0. The summed E-state index contributed by atoms with van der Waals surface area (Å²) in [4.78, 5) is 39.6. The molecule has 3 heterocycles. The fraction of sp³-hybridized carbons (Fsp3) is 0.172. The van der Waals surface area contributed by atoms with Crippen LogP contribution in [0.1, 0.15) is 35.0 Å². The normalized spacial score (nSPS) is 20.2. The van der Waals surface area contributed by atoms with Crippen molar-refractivity contribution in [3.05, 3.63) is 94.8 Å². The van der Waals surface area contributed by atoms with Crippen LogP contribution < -0.4 is 0 Å². The largest absolute Gasteiger partial charge is 0.457 e. The summed E-state index contributed by atoms with van der Waals surface area (Å²) in [6.07, 6.45) is 1.59. The van der Waals surface area contributed by atoms with Crippen molar-refractivity contribution < 1.29 is 27.2 Å². The van der Waals surface area contributed by atoms with E-state index in [2.05, 4.69) is 0 Å². The van der Waals surface area contributed by atoms with E-state index in [1.165, 1.54) is 13.0 Å². The first-order valence-corrected chi connectivity index (χ1v) is 13.7. The van der Waals surface area contributed by atoms with Crippen LogP contribution in [0.25, 0.3) is 23.0 Å². The minimum atomic E-state index is -3.40. The van der Waals surface area contributed by atoms with Crippen LogP contribution in [-0.2, 0) is 19.4 Å². The van der Waals surface area contributed by atoms with Gasteiger partial charge in [-0.2, -0.15) is 5.26 Å². The fourth-order valence-corrected chi connectivity index (χ4v) is 6.44. The Bertz CT molecular complexity index is 1670. The number of carbonyl (C=O) groups excluding carboxylic acids is 3. The standard InChI is InChI=1S/C29H22N2O6S/c1-18(32)19-7-9-20(10-8-19)26-12-11-23(37-26)15-24-27(21-5-3-2-4-6-21)25(16-30)29(34)31(28(24)33)22-13-14-38(35,36)17-22/h2-12,15,22H,13-14,17H2,1H3/b24-15-. The smallest absolute Gasteiger partial charge is 0.272 e. The van der Waals surface area contributed by atoms with Crippen molar-refractivity contribution in [2.75, 3.05) is 11.5 Å². The number of imide groups is 1. The number of sulfone groups is 1. The highest BCUT2D eigenvalue weighted by atomic mass is 32.2. The van der Waals surface area contributed by atoms with Crippen LogP contribution >= 0.6 is 0 Å². The SMILES string of the molecule is CC(=O)c1ccc(-c2ccc(/C=C3\C(=O)N(C4CCS(=O)(=O)C4)C(=O)C(C#N)=C3c3ccccc3)o2)cc1. The molecular weight excluding hydrogens is 504 g/mol. The maximum atomic E-state index is 13.8. The Balaban J connectivity index is 1.62. The topological polar surface area (TPSA) is 126 Å². The van der Waals surface area contributed by atoms with Gasteiger partial charge in [0.1, 0.15) is 23.2 Å². The van der Waals surface area contributed by atoms with E-state index in [1.807, 2.05) is 6.07 Å². The number of hydrogen-bond donors (Lipinski definition) is 0. The highest BCUT2D eigenvalue weighted by Gasteiger charge is 2.45. The summed E-state index contributed by atoms with van der Waals surface area (Å²) in [5.41, 5.74) is 1.78. The summed E-state index contributed by atoms with van der Waals surface area (Å²) in [5, 5.41) is 9.98. The monoisotopic (exact) mass is 526 g/mol. The number of hydrogen-bond acceptors (Lipinski definition) is 7. The molecule has 1 fully saturated rings. The Hall–Kier alpha value is -4.55. The molecule has 5 rings (SSSR count). The molecule has 1 unspecified atom stereocenters. The quantitative estimate of drug-likeness (QED) is 0.279. The van der Waals surface area contributed by atoms with Crippen LogP contribution in [0, 0.1) is 11.3 Å². The lowest BCUT2D eigenvalue weighted by molar-refractivity contribution is -0.142. The molecule has 1 aromatic heterocycles. The summed E-state index contributed by atoms with van der Waals surface area (Å²) in [6, 6.07) is 20.0. The molecule has 2 amide bonds. The molecule has 0 N–H and O–H groups in total. The van der Waals surface area contributed by atoms with Gasteiger partial charge in [0.15, 0.2) is 15.6 Å². The molecule has 2 aromatic carbocycles. The van der Waals surface area contributed by atoms with Crippen LogP contribution in [0.3, 0.4) is 0 Å². The lowest BCUT2D eigenvalue weighted by Crippen LogP contribution is -2.49. The highest BCUT2D eigenvalue weighted by Crippen LogP contribution is 2.37. The van der Waals surface area contributed by atoms with Crippen LogP contribution in [0.2, 0.25) is 0 Å². The molecule has 8 nitrogen and oxygen atoms in total. The van der Waals surface area contributed by atoms with Crippen molar-refractivity contribution in [3.8, 4) is 17.4 Å². The van der Waals surface area contributed by atoms with E-state index in [0.717, 1.165) is 10.5 Å². The van der Waals surface area contributed by atoms with Crippen molar-refractivity contribution in [1.29, 1.82) is 5.26 Å². The number of amides is 2. The molecule has 2 aliphatic heterocycles. The minimum Gasteiger partial charge on any atom is -0.457 e. The van der Waals surface area contributed by atoms with Crippen molar-refractivity contribution >= 4 is 39.1 Å². The van der Waals surface area contributed by atoms with Crippen molar-refractivity contribution in [2.45, 2.75) is 19.4 Å². The van der Waals surface area contributed by atoms with Gasteiger partial charge in [0.05, 0.1) is 23.1 Å². The number of benzene rings is 2. The number of Topliss-reactive ketones (excluding diaryl/α,β-unsaturated/α-hetero) is 1. The van der Waals surface area contributed by atoms with Gasteiger partial charge < -0.3 is 4.42 Å². The average molecular weight is 527 g/mol. The maximum absolute atomic E-state index is 13.8. The highest BCUT2D eigenvalue weighted by molar-refractivity contribution is 7.91. The maximum Gasteiger partial charge on any atom is 0.272 e. The zero-order chi connectivity index (χ0) is 27.0. The Kier molecular flexibility index (Phi) is 6.43. The molecule has 3 aromatic rings. The first-order chi connectivity index (χ1) is 18.2. The number of furan rings is 1. The van der Waals surface area contributed by atoms with E-state index in [-0.39, 0.29) is 40.4 Å². The Labute approximate surface area is 219 Å². The summed E-state index contributed by atoms with van der Waals surface area (Å²) in [6.45, 7) is 1.48. The van der Waals surface area contributed by atoms with Gasteiger partial charge in [-0.25, -0.2) is 8.42 Å². The van der Waals surface area contributed by atoms with E-state index >= 15 is 0 Å². The van der Waals surface area contributed by atoms with Crippen LogP contribution in [0.15, 0.2) is 82.3 Å². The van der Waals surface area contributed by atoms with E-state index < -0.39 is 27.7 Å². The molecule has 0 radical (unpaired) electrons. The number of carbonyl (C=O) groups is 3. The van der Waals surface area contributed by atoms with Gasteiger partial charge >= 0.3 is 0 Å². The summed E-state index contributed by atoms with van der Waals surface area (Å²) < 4.78 is 30.2. The second-order valence-electron chi connectivity index (χ2n) is 9.16.